The van der Waals surface area contributed by atoms with Crippen LogP contribution in [-0.4, -0.2) is 29.6 Å². The van der Waals surface area contributed by atoms with E-state index in [1.807, 2.05) is 20.8 Å². The summed E-state index contributed by atoms with van der Waals surface area (Å²) in [4.78, 5) is 13.0. The van der Waals surface area contributed by atoms with Crippen LogP contribution in [0.2, 0.25) is 0 Å². The highest BCUT2D eigenvalue weighted by molar-refractivity contribution is 5.73. The van der Waals surface area contributed by atoms with Crippen molar-refractivity contribution in [2.24, 2.45) is 11.5 Å². The molecule has 4 heteroatoms. The number of nitrogens with zero attached hydrogens (tertiary/aromatic N) is 1. The minimum Gasteiger partial charge on any atom is -0.351 e. The number of hydrogen-bond acceptors (Lipinski definition) is 2. The SMILES string of the molecule is CCCN(C(N)=O)C(CC)(CC)CN. The van der Waals surface area contributed by atoms with Crippen LogP contribution < -0.4 is 11.5 Å². The van der Waals surface area contributed by atoms with Crippen molar-refractivity contribution in [3.63, 3.8) is 0 Å². The molecule has 0 fully saturated rings. The second kappa shape index (κ2) is 5.86. The smallest absolute Gasteiger partial charge is 0.315 e. The summed E-state index contributed by atoms with van der Waals surface area (Å²) in [6.45, 7) is 7.28. The zero-order chi connectivity index (χ0) is 11.2. The van der Waals surface area contributed by atoms with Crippen molar-refractivity contribution in [2.45, 2.75) is 45.6 Å². The zero-order valence-corrected chi connectivity index (χ0v) is 9.55. The Labute approximate surface area is 86.6 Å². The molecule has 14 heavy (non-hydrogen) atoms. The number of primary amides is 1. The van der Waals surface area contributed by atoms with Crippen LogP contribution in [0.5, 0.6) is 0 Å². The molecule has 0 aromatic rings. The summed E-state index contributed by atoms with van der Waals surface area (Å²) < 4.78 is 0. The fraction of sp³-hybridized carbons (Fsp3) is 0.900. The van der Waals surface area contributed by atoms with Crippen molar-refractivity contribution in [2.75, 3.05) is 13.1 Å². The Bertz CT molecular complexity index is 170. The molecule has 84 valence electrons. The summed E-state index contributed by atoms with van der Waals surface area (Å²) in [6, 6.07) is -0.360. The molecule has 0 rings (SSSR count). The van der Waals surface area contributed by atoms with Gasteiger partial charge in [0.15, 0.2) is 0 Å². The molecule has 0 saturated carbocycles. The van der Waals surface area contributed by atoms with Crippen molar-refractivity contribution in [1.82, 2.24) is 4.90 Å². The van der Waals surface area contributed by atoms with Gasteiger partial charge in [-0.25, -0.2) is 4.79 Å². The Kier molecular flexibility index (Phi) is 5.53. The van der Waals surface area contributed by atoms with Crippen LogP contribution in [0.15, 0.2) is 0 Å². The topological polar surface area (TPSA) is 72.3 Å². The van der Waals surface area contributed by atoms with Crippen LogP contribution in [0.3, 0.4) is 0 Å². The first-order valence-corrected chi connectivity index (χ1v) is 5.35. The monoisotopic (exact) mass is 201 g/mol. The number of hydrogen-bond donors (Lipinski definition) is 2. The van der Waals surface area contributed by atoms with Crippen LogP contribution in [0.25, 0.3) is 0 Å². The number of amides is 2. The molecule has 2 amide bonds. The number of carbonyl (C=O) groups is 1. The molecule has 0 bridgehead atoms. The summed E-state index contributed by atoms with van der Waals surface area (Å²) in [7, 11) is 0. The third kappa shape index (κ3) is 2.61. The fourth-order valence-electron chi connectivity index (χ4n) is 1.84. The van der Waals surface area contributed by atoms with Crippen molar-refractivity contribution in [3.8, 4) is 0 Å². The second-order valence-corrected chi connectivity index (χ2v) is 3.63. The Morgan fingerprint density at radius 3 is 2.00 bits per heavy atom. The van der Waals surface area contributed by atoms with Gasteiger partial charge in [-0.3, -0.25) is 0 Å². The summed E-state index contributed by atoms with van der Waals surface area (Å²) in [5.41, 5.74) is 10.9. The van der Waals surface area contributed by atoms with E-state index in [2.05, 4.69) is 0 Å². The van der Waals surface area contributed by atoms with Gasteiger partial charge in [-0.05, 0) is 19.3 Å². The van der Waals surface area contributed by atoms with Gasteiger partial charge in [0.25, 0.3) is 0 Å². The average Bonchev–Trinajstić information content (AvgIpc) is 2.19. The Hall–Kier alpha value is -0.770. The quantitative estimate of drug-likeness (QED) is 0.679. The minimum atomic E-state index is -0.360. The Morgan fingerprint density at radius 1 is 1.29 bits per heavy atom. The van der Waals surface area contributed by atoms with Gasteiger partial charge in [-0.2, -0.15) is 0 Å². The van der Waals surface area contributed by atoms with E-state index >= 15 is 0 Å². The molecule has 0 aliphatic rings. The third-order valence-corrected chi connectivity index (χ3v) is 2.98. The fourth-order valence-corrected chi connectivity index (χ4v) is 1.84. The van der Waals surface area contributed by atoms with E-state index in [1.54, 1.807) is 4.90 Å². The molecule has 0 aromatic heterocycles. The van der Waals surface area contributed by atoms with Crippen molar-refractivity contribution < 1.29 is 4.79 Å². The van der Waals surface area contributed by atoms with Crippen molar-refractivity contribution in [3.05, 3.63) is 0 Å². The van der Waals surface area contributed by atoms with Gasteiger partial charge >= 0.3 is 6.03 Å². The highest BCUT2D eigenvalue weighted by atomic mass is 16.2. The van der Waals surface area contributed by atoms with Gasteiger partial charge in [0.05, 0.1) is 5.54 Å². The van der Waals surface area contributed by atoms with Crippen LogP contribution in [0, 0.1) is 0 Å². The number of urea groups is 1. The van der Waals surface area contributed by atoms with Crippen LogP contribution in [-0.2, 0) is 0 Å². The second-order valence-electron chi connectivity index (χ2n) is 3.63. The van der Waals surface area contributed by atoms with Gasteiger partial charge in [0, 0.05) is 13.1 Å². The molecule has 0 saturated heterocycles. The van der Waals surface area contributed by atoms with Crippen molar-refractivity contribution in [1.29, 1.82) is 0 Å². The highest BCUT2D eigenvalue weighted by Crippen LogP contribution is 2.22. The van der Waals surface area contributed by atoms with E-state index in [9.17, 15) is 4.79 Å². The van der Waals surface area contributed by atoms with Gasteiger partial charge in [-0.15, -0.1) is 0 Å². The van der Waals surface area contributed by atoms with E-state index in [0.717, 1.165) is 19.3 Å². The van der Waals surface area contributed by atoms with Crippen molar-refractivity contribution >= 4 is 6.03 Å². The summed E-state index contributed by atoms with van der Waals surface area (Å²) in [5.74, 6) is 0. The number of nitrogens with two attached hydrogens (primary N) is 2. The van der Waals surface area contributed by atoms with E-state index in [4.69, 9.17) is 11.5 Å². The summed E-state index contributed by atoms with van der Waals surface area (Å²) in [6.07, 6.45) is 2.61. The van der Waals surface area contributed by atoms with Crippen LogP contribution in [0.4, 0.5) is 4.79 Å². The minimum absolute atomic E-state index is 0.248. The average molecular weight is 201 g/mol. The first-order valence-electron chi connectivity index (χ1n) is 5.35. The summed E-state index contributed by atoms with van der Waals surface area (Å²) in [5, 5.41) is 0. The lowest BCUT2D eigenvalue weighted by Crippen LogP contribution is -2.57. The van der Waals surface area contributed by atoms with Gasteiger partial charge in [-0.1, -0.05) is 20.8 Å². The largest absolute Gasteiger partial charge is 0.351 e. The van der Waals surface area contributed by atoms with Gasteiger partial charge < -0.3 is 16.4 Å². The molecule has 0 heterocycles. The standard InChI is InChI=1S/C10H23N3O/c1-4-7-13(9(12)14)10(5-2,6-3)8-11/h4-8,11H2,1-3H3,(H2,12,14). The third-order valence-electron chi connectivity index (χ3n) is 2.98. The lowest BCUT2D eigenvalue weighted by molar-refractivity contribution is 0.115. The summed E-state index contributed by atoms with van der Waals surface area (Å²) >= 11 is 0. The van der Waals surface area contributed by atoms with Crippen LogP contribution >= 0.6 is 0 Å². The van der Waals surface area contributed by atoms with E-state index < -0.39 is 0 Å². The molecular formula is C10H23N3O. The molecule has 0 aliphatic heterocycles. The predicted molar refractivity (Wildman–Crippen MR) is 58.9 cm³/mol. The first kappa shape index (κ1) is 13.2. The Morgan fingerprint density at radius 2 is 1.79 bits per heavy atom. The lowest BCUT2D eigenvalue weighted by atomic mass is 9.90. The molecule has 4 nitrogen and oxygen atoms in total. The molecule has 0 radical (unpaired) electrons. The van der Waals surface area contributed by atoms with Gasteiger partial charge in [0.1, 0.15) is 0 Å². The predicted octanol–water partition coefficient (Wildman–Crippen LogP) is 1.29. The highest BCUT2D eigenvalue weighted by Gasteiger charge is 2.33. The molecule has 0 atom stereocenters. The van der Waals surface area contributed by atoms with Crippen LogP contribution in [0.1, 0.15) is 40.0 Å². The van der Waals surface area contributed by atoms with E-state index in [1.165, 1.54) is 0 Å². The maximum absolute atomic E-state index is 11.3. The maximum atomic E-state index is 11.3. The molecule has 4 N–H and O–H groups in total. The Balaban J connectivity index is 4.79. The first-order chi connectivity index (χ1) is 6.57. The van der Waals surface area contributed by atoms with E-state index in [0.29, 0.717) is 13.1 Å². The molecule has 0 aliphatic carbocycles. The number of rotatable bonds is 6. The maximum Gasteiger partial charge on any atom is 0.315 e. The molecule has 0 spiro atoms. The lowest BCUT2D eigenvalue weighted by Gasteiger charge is -2.41. The number of carbonyl (C=O) groups excluding carboxylic acids is 1. The molecule has 0 unspecified atom stereocenters. The normalized spacial score (nSPS) is 11.4. The molecular weight excluding hydrogens is 178 g/mol. The van der Waals surface area contributed by atoms with Gasteiger partial charge in [0.2, 0.25) is 0 Å². The zero-order valence-electron chi connectivity index (χ0n) is 9.55. The molecule has 0 aromatic carbocycles. The van der Waals surface area contributed by atoms with E-state index in [-0.39, 0.29) is 11.6 Å².